The zero-order chi connectivity index (χ0) is 13.0. The molecule has 1 aromatic rings. The SMILES string of the molecule is CN(C)CC1(CNc2ccnc(Cl)c2)CCCC1. The highest BCUT2D eigenvalue weighted by atomic mass is 35.5. The summed E-state index contributed by atoms with van der Waals surface area (Å²) in [6, 6.07) is 3.87. The number of halogens is 1. The smallest absolute Gasteiger partial charge is 0.131 e. The molecule has 0 aliphatic heterocycles. The van der Waals surface area contributed by atoms with Crippen LogP contribution in [0.1, 0.15) is 25.7 Å². The highest BCUT2D eigenvalue weighted by Gasteiger charge is 2.34. The summed E-state index contributed by atoms with van der Waals surface area (Å²) in [4.78, 5) is 6.30. The molecule has 1 heterocycles. The monoisotopic (exact) mass is 267 g/mol. The maximum absolute atomic E-state index is 5.90. The molecule has 0 spiro atoms. The predicted octanol–water partition coefficient (Wildman–Crippen LogP) is 3.27. The zero-order valence-corrected chi connectivity index (χ0v) is 12.0. The summed E-state index contributed by atoms with van der Waals surface area (Å²) in [7, 11) is 4.31. The lowest BCUT2D eigenvalue weighted by Crippen LogP contribution is -2.37. The average Bonchev–Trinajstić information content (AvgIpc) is 2.75. The lowest BCUT2D eigenvalue weighted by atomic mass is 9.85. The van der Waals surface area contributed by atoms with Crippen molar-refractivity contribution in [1.82, 2.24) is 9.88 Å². The molecule has 0 amide bonds. The van der Waals surface area contributed by atoms with E-state index in [9.17, 15) is 0 Å². The second-order valence-electron chi connectivity index (χ2n) is 5.67. The number of hydrogen-bond acceptors (Lipinski definition) is 3. The topological polar surface area (TPSA) is 28.2 Å². The van der Waals surface area contributed by atoms with Crippen molar-refractivity contribution < 1.29 is 0 Å². The van der Waals surface area contributed by atoms with E-state index in [4.69, 9.17) is 11.6 Å². The van der Waals surface area contributed by atoms with Gasteiger partial charge in [-0.3, -0.25) is 0 Å². The second-order valence-corrected chi connectivity index (χ2v) is 6.05. The van der Waals surface area contributed by atoms with Gasteiger partial charge in [-0.2, -0.15) is 0 Å². The van der Waals surface area contributed by atoms with Crippen LogP contribution in [0.3, 0.4) is 0 Å². The number of nitrogens with one attached hydrogen (secondary N) is 1. The minimum atomic E-state index is 0.416. The Hall–Kier alpha value is -0.800. The Labute approximate surface area is 115 Å². The van der Waals surface area contributed by atoms with Crippen molar-refractivity contribution in [2.45, 2.75) is 25.7 Å². The highest BCUT2D eigenvalue weighted by molar-refractivity contribution is 6.29. The van der Waals surface area contributed by atoms with Crippen molar-refractivity contribution in [1.29, 1.82) is 0 Å². The van der Waals surface area contributed by atoms with Gasteiger partial charge in [0.05, 0.1) is 0 Å². The Morgan fingerprint density at radius 1 is 1.39 bits per heavy atom. The molecule has 18 heavy (non-hydrogen) atoms. The number of hydrogen-bond donors (Lipinski definition) is 1. The molecular weight excluding hydrogens is 246 g/mol. The second kappa shape index (κ2) is 5.89. The quantitative estimate of drug-likeness (QED) is 0.830. The van der Waals surface area contributed by atoms with Crippen molar-refractivity contribution >= 4 is 17.3 Å². The van der Waals surface area contributed by atoms with Crippen LogP contribution in [0, 0.1) is 5.41 Å². The van der Waals surface area contributed by atoms with Crippen LogP contribution in [0.2, 0.25) is 5.15 Å². The molecule has 0 aromatic carbocycles. The van der Waals surface area contributed by atoms with E-state index in [1.54, 1.807) is 6.20 Å². The number of rotatable bonds is 5. The molecule has 0 bridgehead atoms. The van der Waals surface area contributed by atoms with E-state index in [2.05, 4.69) is 29.3 Å². The fourth-order valence-corrected chi connectivity index (χ4v) is 3.16. The highest BCUT2D eigenvalue weighted by Crippen LogP contribution is 2.38. The Morgan fingerprint density at radius 2 is 2.11 bits per heavy atom. The van der Waals surface area contributed by atoms with Gasteiger partial charge in [-0.1, -0.05) is 24.4 Å². The molecule has 4 heteroatoms. The molecule has 0 unspecified atom stereocenters. The van der Waals surface area contributed by atoms with E-state index in [0.29, 0.717) is 10.6 Å². The van der Waals surface area contributed by atoms with Crippen molar-refractivity contribution in [3.8, 4) is 0 Å². The van der Waals surface area contributed by atoms with Crippen molar-refractivity contribution in [3.63, 3.8) is 0 Å². The average molecular weight is 268 g/mol. The Morgan fingerprint density at radius 3 is 2.72 bits per heavy atom. The van der Waals surface area contributed by atoms with Crippen LogP contribution in [-0.4, -0.2) is 37.1 Å². The minimum absolute atomic E-state index is 0.416. The van der Waals surface area contributed by atoms with Crippen LogP contribution in [0.15, 0.2) is 18.3 Å². The van der Waals surface area contributed by atoms with E-state index in [-0.39, 0.29) is 0 Å². The van der Waals surface area contributed by atoms with Gasteiger partial charge in [0.15, 0.2) is 0 Å². The zero-order valence-electron chi connectivity index (χ0n) is 11.2. The van der Waals surface area contributed by atoms with Gasteiger partial charge in [0.2, 0.25) is 0 Å². The summed E-state index contributed by atoms with van der Waals surface area (Å²) in [5.41, 5.74) is 1.49. The van der Waals surface area contributed by atoms with Crippen LogP contribution in [0.5, 0.6) is 0 Å². The largest absolute Gasteiger partial charge is 0.384 e. The number of anilines is 1. The first kappa shape index (κ1) is 13.6. The third-order valence-electron chi connectivity index (χ3n) is 3.71. The molecule has 1 fully saturated rings. The fourth-order valence-electron chi connectivity index (χ4n) is 2.99. The van der Waals surface area contributed by atoms with Gasteiger partial charge < -0.3 is 10.2 Å². The molecule has 1 N–H and O–H groups in total. The summed E-state index contributed by atoms with van der Waals surface area (Å²) >= 11 is 5.90. The standard InChI is InChI=1S/C14H22ClN3/c1-18(2)11-14(6-3-4-7-14)10-17-12-5-8-16-13(15)9-12/h5,8-9H,3-4,6-7,10-11H2,1-2H3,(H,16,17). The fraction of sp³-hybridized carbons (Fsp3) is 0.643. The third-order valence-corrected chi connectivity index (χ3v) is 3.92. The Kier molecular flexibility index (Phi) is 4.46. The lowest BCUT2D eigenvalue weighted by Gasteiger charge is -2.32. The molecule has 1 aromatic heterocycles. The van der Waals surface area contributed by atoms with Crippen molar-refractivity contribution in [2.75, 3.05) is 32.5 Å². The first-order valence-electron chi connectivity index (χ1n) is 6.60. The molecule has 1 aliphatic carbocycles. The lowest BCUT2D eigenvalue weighted by molar-refractivity contribution is 0.215. The molecule has 1 aliphatic rings. The maximum Gasteiger partial charge on any atom is 0.131 e. The third kappa shape index (κ3) is 3.59. The maximum atomic E-state index is 5.90. The van der Waals surface area contributed by atoms with Crippen LogP contribution in [0.25, 0.3) is 0 Å². The van der Waals surface area contributed by atoms with E-state index >= 15 is 0 Å². The predicted molar refractivity (Wildman–Crippen MR) is 77.2 cm³/mol. The van der Waals surface area contributed by atoms with E-state index in [0.717, 1.165) is 18.8 Å². The van der Waals surface area contributed by atoms with Crippen LogP contribution in [-0.2, 0) is 0 Å². The molecule has 100 valence electrons. The molecule has 1 saturated carbocycles. The first-order chi connectivity index (χ1) is 8.60. The van der Waals surface area contributed by atoms with Crippen LogP contribution < -0.4 is 5.32 Å². The van der Waals surface area contributed by atoms with Gasteiger partial charge in [0.25, 0.3) is 0 Å². The molecule has 2 rings (SSSR count). The molecule has 0 radical (unpaired) electrons. The summed E-state index contributed by atoms with van der Waals surface area (Å²) in [5.74, 6) is 0. The normalized spacial score (nSPS) is 18.2. The summed E-state index contributed by atoms with van der Waals surface area (Å²) in [5, 5.41) is 4.07. The van der Waals surface area contributed by atoms with Gasteiger partial charge in [0, 0.05) is 30.4 Å². The summed E-state index contributed by atoms with van der Waals surface area (Å²) < 4.78 is 0. The Bertz CT molecular complexity index is 386. The van der Waals surface area contributed by atoms with Gasteiger partial charge in [-0.15, -0.1) is 0 Å². The first-order valence-corrected chi connectivity index (χ1v) is 6.98. The Balaban J connectivity index is 1.97. The van der Waals surface area contributed by atoms with Crippen LogP contribution in [0.4, 0.5) is 5.69 Å². The summed E-state index contributed by atoms with van der Waals surface area (Å²) in [6.45, 7) is 2.17. The number of aromatic nitrogens is 1. The van der Waals surface area contributed by atoms with E-state index in [1.165, 1.54) is 25.7 Å². The van der Waals surface area contributed by atoms with E-state index in [1.807, 2.05) is 12.1 Å². The molecule has 0 atom stereocenters. The molecular formula is C14H22ClN3. The van der Waals surface area contributed by atoms with Gasteiger partial charge in [-0.05, 0) is 39.1 Å². The minimum Gasteiger partial charge on any atom is -0.384 e. The van der Waals surface area contributed by atoms with Gasteiger partial charge >= 0.3 is 0 Å². The molecule has 3 nitrogen and oxygen atoms in total. The summed E-state index contributed by atoms with van der Waals surface area (Å²) in [6.07, 6.45) is 7.09. The van der Waals surface area contributed by atoms with Gasteiger partial charge in [0.1, 0.15) is 5.15 Å². The van der Waals surface area contributed by atoms with Crippen molar-refractivity contribution in [2.24, 2.45) is 5.41 Å². The van der Waals surface area contributed by atoms with Crippen LogP contribution >= 0.6 is 11.6 Å². The van der Waals surface area contributed by atoms with E-state index < -0.39 is 0 Å². The number of pyridine rings is 1. The van der Waals surface area contributed by atoms with Gasteiger partial charge in [-0.25, -0.2) is 4.98 Å². The van der Waals surface area contributed by atoms with Crippen molar-refractivity contribution in [3.05, 3.63) is 23.5 Å². The number of nitrogens with zero attached hydrogens (tertiary/aromatic N) is 2. The molecule has 0 saturated heterocycles.